The molecule has 0 aliphatic heterocycles. The molecule has 2 aromatic rings. The number of hydrogen-bond donors (Lipinski definition) is 1. The van der Waals surface area contributed by atoms with Gasteiger partial charge in [0.15, 0.2) is 6.61 Å². The van der Waals surface area contributed by atoms with Crippen molar-refractivity contribution in [3.63, 3.8) is 0 Å². The first kappa shape index (κ1) is 16.7. The van der Waals surface area contributed by atoms with E-state index in [1.807, 2.05) is 56.5 Å². The van der Waals surface area contributed by atoms with E-state index in [2.05, 4.69) is 5.32 Å². The Kier molecular flexibility index (Phi) is 5.75. The second kappa shape index (κ2) is 7.56. The fourth-order valence-electron chi connectivity index (χ4n) is 2.04. The number of benzene rings is 2. The summed E-state index contributed by atoms with van der Waals surface area (Å²) in [6.07, 6.45) is 2.00. The molecule has 0 bridgehead atoms. The van der Waals surface area contributed by atoms with Gasteiger partial charge in [-0.25, -0.2) is 0 Å². The summed E-state index contributed by atoms with van der Waals surface area (Å²) < 4.78 is 5.54. The predicted octanol–water partition coefficient (Wildman–Crippen LogP) is 4.70. The molecular weight excluding hydrogens is 318 g/mol. The molecule has 2 aromatic carbocycles. The molecular formula is C17H18ClNO2S. The van der Waals surface area contributed by atoms with Gasteiger partial charge in [-0.2, -0.15) is 0 Å². The van der Waals surface area contributed by atoms with Crippen LogP contribution < -0.4 is 10.1 Å². The van der Waals surface area contributed by atoms with E-state index in [1.165, 1.54) is 0 Å². The zero-order chi connectivity index (χ0) is 16.1. The van der Waals surface area contributed by atoms with Gasteiger partial charge in [0.2, 0.25) is 0 Å². The summed E-state index contributed by atoms with van der Waals surface area (Å²) in [5.41, 5.74) is 2.64. The van der Waals surface area contributed by atoms with Crippen molar-refractivity contribution in [3.8, 4) is 5.75 Å². The summed E-state index contributed by atoms with van der Waals surface area (Å²) >= 11 is 7.74. The summed E-state index contributed by atoms with van der Waals surface area (Å²) in [6.45, 7) is 3.79. The molecule has 5 heteroatoms. The highest BCUT2D eigenvalue weighted by atomic mass is 35.5. The summed E-state index contributed by atoms with van der Waals surface area (Å²) in [6, 6.07) is 11.4. The summed E-state index contributed by atoms with van der Waals surface area (Å²) in [5, 5.41) is 3.55. The van der Waals surface area contributed by atoms with E-state index in [9.17, 15) is 4.79 Å². The third-order valence-electron chi connectivity index (χ3n) is 3.13. The molecule has 0 aliphatic carbocycles. The van der Waals surface area contributed by atoms with E-state index in [0.29, 0.717) is 5.75 Å². The highest BCUT2D eigenvalue weighted by Crippen LogP contribution is 2.26. The zero-order valence-electron chi connectivity index (χ0n) is 12.8. The van der Waals surface area contributed by atoms with Crippen LogP contribution in [0.2, 0.25) is 5.02 Å². The number of rotatable bonds is 5. The van der Waals surface area contributed by atoms with Gasteiger partial charge in [-0.3, -0.25) is 4.79 Å². The first-order valence-electron chi connectivity index (χ1n) is 6.83. The van der Waals surface area contributed by atoms with Gasteiger partial charge < -0.3 is 10.1 Å². The summed E-state index contributed by atoms with van der Waals surface area (Å²) in [5.74, 6) is 0.455. The van der Waals surface area contributed by atoms with Crippen LogP contribution in [0, 0.1) is 13.8 Å². The van der Waals surface area contributed by atoms with Gasteiger partial charge in [-0.15, -0.1) is 11.8 Å². The van der Waals surface area contributed by atoms with Gasteiger partial charge in [-0.1, -0.05) is 17.7 Å². The summed E-state index contributed by atoms with van der Waals surface area (Å²) in [4.78, 5) is 13.1. The van der Waals surface area contributed by atoms with Crippen molar-refractivity contribution in [3.05, 3.63) is 52.5 Å². The molecule has 1 N–H and O–H groups in total. The molecule has 0 aromatic heterocycles. The smallest absolute Gasteiger partial charge is 0.262 e. The molecule has 0 atom stereocenters. The van der Waals surface area contributed by atoms with E-state index in [4.69, 9.17) is 16.3 Å². The minimum absolute atomic E-state index is 0.0377. The molecule has 0 saturated carbocycles. The molecule has 2 rings (SSSR count). The van der Waals surface area contributed by atoms with E-state index >= 15 is 0 Å². The van der Waals surface area contributed by atoms with E-state index in [0.717, 1.165) is 26.7 Å². The van der Waals surface area contributed by atoms with Crippen LogP contribution in [0.1, 0.15) is 11.1 Å². The maximum absolute atomic E-state index is 12.0. The Hall–Kier alpha value is -1.65. The number of nitrogens with one attached hydrogen (secondary N) is 1. The molecule has 0 unspecified atom stereocenters. The van der Waals surface area contributed by atoms with Crippen molar-refractivity contribution >= 4 is 35.0 Å². The van der Waals surface area contributed by atoms with Crippen molar-refractivity contribution in [2.45, 2.75) is 18.7 Å². The molecule has 0 radical (unpaired) electrons. The minimum Gasteiger partial charge on any atom is -0.484 e. The predicted molar refractivity (Wildman–Crippen MR) is 93.3 cm³/mol. The van der Waals surface area contributed by atoms with Gasteiger partial charge in [0.1, 0.15) is 5.75 Å². The normalized spacial score (nSPS) is 10.4. The lowest BCUT2D eigenvalue weighted by molar-refractivity contribution is -0.118. The molecule has 0 saturated heterocycles. The summed E-state index contributed by atoms with van der Waals surface area (Å²) in [7, 11) is 0. The van der Waals surface area contributed by atoms with Crippen molar-refractivity contribution in [1.29, 1.82) is 0 Å². The van der Waals surface area contributed by atoms with Gasteiger partial charge in [-0.05, 0) is 61.6 Å². The fourth-order valence-corrected chi connectivity index (χ4v) is 2.60. The number of carbonyl (C=O) groups is 1. The van der Waals surface area contributed by atoms with Crippen LogP contribution in [0.15, 0.2) is 41.3 Å². The number of hydrogen-bond acceptors (Lipinski definition) is 3. The van der Waals surface area contributed by atoms with Crippen LogP contribution in [0.4, 0.5) is 5.69 Å². The van der Waals surface area contributed by atoms with Crippen LogP contribution in [-0.4, -0.2) is 18.8 Å². The lowest BCUT2D eigenvalue weighted by Crippen LogP contribution is -2.20. The number of carbonyl (C=O) groups excluding carboxylic acids is 1. The van der Waals surface area contributed by atoms with Crippen LogP contribution in [-0.2, 0) is 4.79 Å². The third kappa shape index (κ3) is 4.42. The van der Waals surface area contributed by atoms with Crippen LogP contribution in [0.3, 0.4) is 0 Å². The molecule has 0 heterocycles. The van der Waals surface area contributed by atoms with Crippen LogP contribution in [0.5, 0.6) is 5.75 Å². The third-order valence-corrected chi connectivity index (χ3v) is 4.45. The maximum Gasteiger partial charge on any atom is 0.262 e. The minimum atomic E-state index is -0.191. The number of halogens is 1. The van der Waals surface area contributed by atoms with E-state index in [-0.39, 0.29) is 12.5 Å². The van der Waals surface area contributed by atoms with Gasteiger partial charge in [0, 0.05) is 15.6 Å². The largest absolute Gasteiger partial charge is 0.484 e. The molecule has 1 amide bonds. The van der Waals surface area contributed by atoms with Gasteiger partial charge in [0.05, 0.1) is 0 Å². The Labute approximate surface area is 140 Å². The number of thioether (sulfide) groups is 1. The standard InChI is InChI=1S/C17H18ClNO2S/c1-11-7-14(8-12(2)17(11)18)21-10-16(20)19-13-5-4-6-15(9-13)22-3/h4-9H,10H2,1-3H3,(H,19,20). The van der Waals surface area contributed by atoms with Crippen molar-refractivity contribution in [1.82, 2.24) is 0 Å². The van der Waals surface area contributed by atoms with Crippen molar-refractivity contribution < 1.29 is 9.53 Å². The molecule has 0 aliphatic rings. The first-order chi connectivity index (χ1) is 10.5. The molecule has 0 spiro atoms. The maximum atomic E-state index is 12.0. The second-order valence-electron chi connectivity index (χ2n) is 4.94. The number of anilines is 1. The quantitative estimate of drug-likeness (QED) is 0.805. The Morgan fingerprint density at radius 1 is 1.23 bits per heavy atom. The highest BCUT2D eigenvalue weighted by Gasteiger charge is 2.07. The molecule has 22 heavy (non-hydrogen) atoms. The Bertz CT molecular complexity index is 665. The number of aryl methyl sites for hydroxylation is 2. The highest BCUT2D eigenvalue weighted by molar-refractivity contribution is 7.98. The average molecular weight is 336 g/mol. The number of amides is 1. The van der Waals surface area contributed by atoms with Crippen LogP contribution >= 0.6 is 23.4 Å². The second-order valence-corrected chi connectivity index (χ2v) is 6.20. The van der Waals surface area contributed by atoms with Crippen LogP contribution in [0.25, 0.3) is 0 Å². The number of ether oxygens (including phenoxy) is 1. The Morgan fingerprint density at radius 3 is 2.55 bits per heavy atom. The van der Waals surface area contributed by atoms with E-state index < -0.39 is 0 Å². The zero-order valence-corrected chi connectivity index (χ0v) is 14.3. The molecule has 116 valence electrons. The first-order valence-corrected chi connectivity index (χ1v) is 8.43. The Balaban J connectivity index is 1.95. The van der Waals surface area contributed by atoms with Crippen molar-refractivity contribution in [2.24, 2.45) is 0 Å². The Morgan fingerprint density at radius 2 is 1.91 bits per heavy atom. The van der Waals surface area contributed by atoms with Crippen molar-refractivity contribution in [2.75, 3.05) is 18.2 Å². The monoisotopic (exact) mass is 335 g/mol. The van der Waals surface area contributed by atoms with Gasteiger partial charge in [0.25, 0.3) is 5.91 Å². The topological polar surface area (TPSA) is 38.3 Å². The molecule has 0 fully saturated rings. The molecule has 3 nitrogen and oxygen atoms in total. The lowest BCUT2D eigenvalue weighted by atomic mass is 10.1. The fraction of sp³-hybridized carbons (Fsp3) is 0.235. The SMILES string of the molecule is CSc1cccc(NC(=O)COc2cc(C)c(Cl)c(C)c2)c1. The van der Waals surface area contributed by atoms with E-state index in [1.54, 1.807) is 11.8 Å². The van der Waals surface area contributed by atoms with Gasteiger partial charge >= 0.3 is 0 Å². The average Bonchev–Trinajstić information content (AvgIpc) is 2.50. The lowest BCUT2D eigenvalue weighted by Gasteiger charge is -2.10.